The van der Waals surface area contributed by atoms with Crippen LogP contribution in [0.5, 0.6) is 5.75 Å². The molecular formula is C20H30F2N2O3. The molecule has 1 fully saturated rings. The van der Waals surface area contributed by atoms with Crippen LogP contribution < -0.4 is 10.1 Å². The van der Waals surface area contributed by atoms with Gasteiger partial charge in [-0.1, -0.05) is 0 Å². The van der Waals surface area contributed by atoms with Gasteiger partial charge in [0.15, 0.2) is 11.6 Å². The van der Waals surface area contributed by atoms with E-state index in [9.17, 15) is 13.6 Å². The minimum Gasteiger partial charge on any atom is -0.407 e. The summed E-state index contributed by atoms with van der Waals surface area (Å²) < 4.78 is 37.1. The zero-order chi connectivity index (χ0) is 19.6. The molecule has 1 aromatic carbocycles. The third-order valence-corrected chi connectivity index (χ3v) is 4.78. The highest BCUT2D eigenvalue weighted by atomic mass is 19.1. The van der Waals surface area contributed by atoms with Gasteiger partial charge < -0.3 is 19.7 Å². The first kappa shape index (κ1) is 21.6. The minimum absolute atomic E-state index is 0.278. The fourth-order valence-electron chi connectivity index (χ4n) is 3.20. The highest BCUT2D eigenvalue weighted by Crippen LogP contribution is 2.26. The number of hydrogen-bond donors (Lipinski definition) is 1. The van der Waals surface area contributed by atoms with Crippen molar-refractivity contribution in [3.8, 4) is 5.75 Å². The van der Waals surface area contributed by atoms with Crippen LogP contribution in [0.15, 0.2) is 18.2 Å². The summed E-state index contributed by atoms with van der Waals surface area (Å²) in [7, 11) is 4.14. The lowest BCUT2D eigenvalue weighted by molar-refractivity contribution is 0.0160. The molecule has 0 unspecified atom stereocenters. The molecule has 0 radical (unpaired) electrons. The number of nitrogens with one attached hydrogen (secondary N) is 1. The molecule has 1 aliphatic carbocycles. The average molecular weight is 384 g/mol. The Hall–Kier alpha value is -1.73. The van der Waals surface area contributed by atoms with E-state index in [2.05, 4.69) is 24.3 Å². The predicted molar refractivity (Wildman–Crippen MR) is 99.9 cm³/mol. The lowest BCUT2D eigenvalue weighted by Gasteiger charge is -2.28. The predicted octanol–water partition coefficient (Wildman–Crippen LogP) is 3.97. The van der Waals surface area contributed by atoms with Crippen molar-refractivity contribution in [3.05, 3.63) is 29.8 Å². The molecule has 2 rings (SSSR count). The summed E-state index contributed by atoms with van der Waals surface area (Å²) in [4.78, 5) is 14.0. The molecule has 0 atom stereocenters. The summed E-state index contributed by atoms with van der Waals surface area (Å²) in [6.07, 6.45) is 5.74. The number of benzene rings is 1. The van der Waals surface area contributed by atoms with Crippen LogP contribution in [0.3, 0.4) is 0 Å². The molecule has 1 aliphatic rings. The van der Waals surface area contributed by atoms with E-state index in [4.69, 9.17) is 9.47 Å². The van der Waals surface area contributed by atoms with E-state index < -0.39 is 17.7 Å². The van der Waals surface area contributed by atoms with Gasteiger partial charge in [0.25, 0.3) is 0 Å². The third kappa shape index (κ3) is 8.22. The molecule has 1 aromatic rings. The Kier molecular flexibility index (Phi) is 8.94. The first-order valence-corrected chi connectivity index (χ1v) is 9.61. The van der Waals surface area contributed by atoms with E-state index in [1.807, 2.05) is 0 Å². The first-order valence-electron chi connectivity index (χ1n) is 9.61. The second-order valence-electron chi connectivity index (χ2n) is 7.37. The maximum Gasteiger partial charge on any atom is 0.412 e. The average Bonchev–Trinajstić information content (AvgIpc) is 2.63. The van der Waals surface area contributed by atoms with Crippen LogP contribution in [0.2, 0.25) is 0 Å². The topological polar surface area (TPSA) is 50.8 Å². The molecule has 1 N–H and O–H groups in total. The van der Waals surface area contributed by atoms with Crippen LogP contribution >= 0.6 is 0 Å². The smallest absolute Gasteiger partial charge is 0.407 e. The fraction of sp³-hybridized carbons (Fsp3) is 0.650. The lowest BCUT2D eigenvalue weighted by atomic mass is 9.87. The standard InChI is InChI=1S/C20H30F2N2O3/c1-24(2)11-3-4-12-26-17-8-5-15(6-9-17)14-23-20(25)27-19-10-7-16(21)13-18(19)22/h7,10,13,15,17H,3-6,8-9,11-12,14H2,1-2H3,(H,23,25). The van der Waals surface area contributed by atoms with Crippen LogP contribution in [0, 0.1) is 17.6 Å². The molecule has 5 nitrogen and oxygen atoms in total. The zero-order valence-electron chi connectivity index (χ0n) is 16.2. The molecular weight excluding hydrogens is 354 g/mol. The molecule has 1 amide bonds. The number of ether oxygens (including phenoxy) is 2. The summed E-state index contributed by atoms with van der Waals surface area (Å²) in [5.74, 6) is -1.52. The van der Waals surface area contributed by atoms with Gasteiger partial charge in [0.1, 0.15) is 5.82 Å². The first-order chi connectivity index (χ1) is 12.9. The monoisotopic (exact) mass is 384 g/mol. The molecule has 0 aliphatic heterocycles. The van der Waals surface area contributed by atoms with Crippen molar-refractivity contribution in [2.45, 2.75) is 44.6 Å². The minimum atomic E-state index is -0.895. The molecule has 7 heteroatoms. The van der Waals surface area contributed by atoms with Gasteiger partial charge in [-0.05, 0) is 77.2 Å². The van der Waals surface area contributed by atoms with E-state index in [1.165, 1.54) is 0 Å². The van der Waals surface area contributed by atoms with Crippen molar-refractivity contribution in [3.63, 3.8) is 0 Å². The molecule has 0 saturated heterocycles. The van der Waals surface area contributed by atoms with Crippen molar-refractivity contribution in [1.29, 1.82) is 0 Å². The molecule has 1 saturated carbocycles. The number of nitrogens with zero attached hydrogens (tertiary/aromatic N) is 1. The quantitative estimate of drug-likeness (QED) is 0.655. The summed E-state index contributed by atoms with van der Waals surface area (Å²) in [6.45, 7) is 2.37. The summed E-state index contributed by atoms with van der Waals surface area (Å²) in [5.41, 5.74) is 0. The highest BCUT2D eigenvalue weighted by Gasteiger charge is 2.22. The number of rotatable bonds is 9. The number of amides is 1. The van der Waals surface area contributed by atoms with Gasteiger partial charge in [-0.2, -0.15) is 0 Å². The second kappa shape index (κ2) is 11.2. The number of hydrogen-bond acceptors (Lipinski definition) is 4. The Morgan fingerprint density at radius 1 is 1.19 bits per heavy atom. The van der Waals surface area contributed by atoms with Crippen molar-refractivity contribution in [2.75, 3.05) is 33.8 Å². The molecule has 0 spiro atoms. The van der Waals surface area contributed by atoms with Crippen LogP contribution in [0.1, 0.15) is 38.5 Å². The Morgan fingerprint density at radius 3 is 2.59 bits per heavy atom. The fourth-order valence-corrected chi connectivity index (χ4v) is 3.20. The Morgan fingerprint density at radius 2 is 1.93 bits per heavy atom. The Labute approximate surface area is 160 Å². The van der Waals surface area contributed by atoms with Gasteiger partial charge >= 0.3 is 6.09 Å². The normalized spacial score (nSPS) is 19.9. The summed E-state index contributed by atoms with van der Waals surface area (Å²) >= 11 is 0. The van der Waals surface area contributed by atoms with Crippen LogP contribution in [-0.4, -0.2) is 50.9 Å². The highest BCUT2D eigenvalue weighted by molar-refractivity contribution is 5.70. The maximum atomic E-state index is 13.5. The molecule has 0 bridgehead atoms. The van der Waals surface area contributed by atoms with Gasteiger partial charge in [-0.15, -0.1) is 0 Å². The van der Waals surface area contributed by atoms with Crippen molar-refractivity contribution < 1.29 is 23.0 Å². The van der Waals surface area contributed by atoms with Gasteiger partial charge in [-0.3, -0.25) is 0 Å². The van der Waals surface area contributed by atoms with E-state index >= 15 is 0 Å². The number of carbonyl (C=O) groups excluding carboxylic acids is 1. The third-order valence-electron chi connectivity index (χ3n) is 4.78. The second-order valence-corrected chi connectivity index (χ2v) is 7.37. The van der Waals surface area contributed by atoms with E-state index in [0.717, 1.165) is 63.8 Å². The number of carbonyl (C=O) groups is 1. The molecule has 27 heavy (non-hydrogen) atoms. The van der Waals surface area contributed by atoms with Crippen molar-refractivity contribution in [2.24, 2.45) is 5.92 Å². The van der Waals surface area contributed by atoms with E-state index in [-0.39, 0.29) is 5.75 Å². The van der Waals surface area contributed by atoms with Gasteiger partial charge in [0, 0.05) is 19.2 Å². The van der Waals surface area contributed by atoms with E-state index in [1.54, 1.807) is 0 Å². The van der Waals surface area contributed by atoms with Crippen molar-refractivity contribution in [1.82, 2.24) is 10.2 Å². The number of halogens is 2. The van der Waals surface area contributed by atoms with Crippen LogP contribution in [0.4, 0.5) is 13.6 Å². The van der Waals surface area contributed by atoms with Gasteiger partial charge in [0.2, 0.25) is 0 Å². The van der Waals surface area contributed by atoms with Crippen molar-refractivity contribution >= 4 is 6.09 Å². The van der Waals surface area contributed by atoms with Crippen LogP contribution in [-0.2, 0) is 4.74 Å². The Bertz CT molecular complexity index is 591. The summed E-state index contributed by atoms with van der Waals surface area (Å²) in [6, 6.07) is 2.84. The molecule has 0 heterocycles. The van der Waals surface area contributed by atoms with E-state index in [0.29, 0.717) is 24.6 Å². The van der Waals surface area contributed by atoms with Gasteiger partial charge in [0.05, 0.1) is 6.10 Å². The summed E-state index contributed by atoms with van der Waals surface area (Å²) in [5, 5.41) is 2.66. The SMILES string of the molecule is CN(C)CCCCOC1CCC(CNC(=O)Oc2ccc(F)cc2F)CC1. The largest absolute Gasteiger partial charge is 0.412 e. The van der Waals surface area contributed by atoms with Crippen LogP contribution in [0.25, 0.3) is 0 Å². The number of unbranched alkanes of at least 4 members (excludes halogenated alkanes) is 1. The zero-order valence-corrected chi connectivity index (χ0v) is 16.2. The molecule has 0 aromatic heterocycles. The van der Waals surface area contributed by atoms with Gasteiger partial charge in [-0.25, -0.2) is 13.6 Å². The Balaban J connectivity index is 1.58. The molecule has 152 valence electrons. The lowest BCUT2D eigenvalue weighted by Crippen LogP contribution is -2.34. The maximum absolute atomic E-state index is 13.5.